The molecule has 1 amide bonds. The number of hydrogen-bond acceptors (Lipinski definition) is 5. The minimum Gasteiger partial charge on any atom is -0.278 e. The average Bonchev–Trinajstić information content (AvgIpc) is 2.60. The molecule has 0 spiro atoms. The Morgan fingerprint density at radius 3 is 2.56 bits per heavy atom. The highest BCUT2D eigenvalue weighted by Crippen LogP contribution is 2.25. The van der Waals surface area contributed by atoms with Crippen molar-refractivity contribution in [3.63, 3.8) is 0 Å². The van der Waals surface area contributed by atoms with Gasteiger partial charge in [-0.3, -0.25) is 10.2 Å². The van der Waals surface area contributed by atoms with Gasteiger partial charge in [-0.25, -0.2) is 16.8 Å². The van der Waals surface area contributed by atoms with Crippen LogP contribution in [0.4, 0.5) is 0 Å². The second-order valence-electron chi connectivity index (χ2n) is 5.96. The molecule has 0 bridgehead atoms. The number of aryl methyl sites for hydroxylation is 1. The average molecular weight is 389 g/mol. The summed E-state index contributed by atoms with van der Waals surface area (Å²) in [6, 6.07) is 6.69. The standard InChI is InChI=1S/C15H23N3O5S2/c1-3-24(20,21)17-16-15(19)13-8-6-10-18(11-13)25(22,23)14-9-5-4-7-12(14)2/h4-5,7,9,13,17H,3,6,8,10-11H2,1-2H3,(H,16,19). The number of amides is 1. The van der Waals surface area contributed by atoms with E-state index in [1.54, 1.807) is 31.2 Å². The third-order valence-electron chi connectivity index (χ3n) is 4.18. The predicted octanol–water partition coefficient (Wildman–Crippen LogP) is 0.366. The van der Waals surface area contributed by atoms with E-state index in [0.717, 1.165) is 0 Å². The van der Waals surface area contributed by atoms with Gasteiger partial charge in [0.1, 0.15) is 0 Å². The number of hydrazine groups is 1. The molecule has 10 heteroatoms. The SMILES string of the molecule is CCS(=O)(=O)NNC(=O)C1CCCN(S(=O)(=O)c2ccccc2C)C1. The van der Waals surface area contributed by atoms with Crippen LogP contribution in [0.1, 0.15) is 25.3 Å². The maximum Gasteiger partial charge on any atom is 0.243 e. The molecule has 1 aromatic rings. The second-order valence-corrected chi connectivity index (χ2v) is 9.88. The lowest BCUT2D eigenvalue weighted by Gasteiger charge is -2.31. The molecular formula is C15H23N3O5S2. The van der Waals surface area contributed by atoms with Gasteiger partial charge in [0, 0.05) is 13.1 Å². The van der Waals surface area contributed by atoms with Crippen LogP contribution in [0.3, 0.4) is 0 Å². The van der Waals surface area contributed by atoms with Gasteiger partial charge in [0.25, 0.3) is 0 Å². The maximum absolute atomic E-state index is 12.8. The molecule has 1 aliphatic rings. The number of carbonyl (C=O) groups excluding carboxylic acids is 1. The van der Waals surface area contributed by atoms with Crippen molar-refractivity contribution in [2.75, 3.05) is 18.8 Å². The van der Waals surface area contributed by atoms with Crippen LogP contribution in [0.15, 0.2) is 29.2 Å². The largest absolute Gasteiger partial charge is 0.278 e. The molecule has 0 aliphatic carbocycles. The maximum atomic E-state index is 12.8. The Hall–Kier alpha value is -1.49. The highest BCUT2D eigenvalue weighted by atomic mass is 32.2. The Morgan fingerprint density at radius 2 is 1.92 bits per heavy atom. The van der Waals surface area contributed by atoms with Crippen LogP contribution in [-0.2, 0) is 24.8 Å². The third kappa shape index (κ3) is 4.78. The molecule has 2 N–H and O–H groups in total. The quantitative estimate of drug-likeness (QED) is 0.683. The fraction of sp³-hybridized carbons (Fsp3) is 0.533. The van der Waals surface area contributed by atoms with E-state index in [4.69, 9.17) is 0 Å². The first-order valence-corrected chi connectivity index (χ1v) is 11.1. The molecule has 1 aromatic carbocycles. The van der Waals surface area contributed by atoms with Gasteiger partial charge in [-0.05, 0) is 38.3 Å². The molecular weight excluding hydrogens is 366 g/mol. The molecule has 2 rings (SSSR count). The second kappa shape index (κ2) is 7.81. The molecule has 1 saturated heterocycles. The van der Waals surface area contributed by atoms with Crippen LogP contribution >= 0.6 is 0 Å². The minimum atomic E-state index is -3.69. The Bertz CT molecular complexity index is 836. The first-order chi connectivity index (χ1) is 11.7. The Labute approximate surface area is 148 Å². The zero-order valence-corrected chi connectivity index (χ0v) is 15.9. The van der Waals surface area contributed by atoms with E-state index in [1.165, 1.54) is 11.2 Å². The van der Waals surface area contributed by atoms with Crippen LogP contribution in [0, 0.1) is 12.8 Å². The molecule has 140 valence electrons. The summed E-state index contributed by atoms with van der Waals surface area (Å²) >= 11 is 0. The zero-order chi connectivity index (χ0) is 18.7. The molecule has 1 heterocycles. The first-order valence-electron chi connectivity index (χ1n) is 8.02. The Balaban J connectivity index is 2.10. The van der Waals surface area contributed by atoms with Crippen molar-refractivity contribution in [3.8, 4) is 0 Å². The molecule has 0 radical (unpaired) electrons. The first kappa shape index (κ1) is 19.8. The van der Waals surface area contributed by atoms with Crippen molar-refractivity contribution in [2.24, 2.45) is 5.92 Å². The van der Waals surface area contributed by atoms with Crippen LogP contribution in [0.5, 0.6) is 0 Å². The molecule has 8 nitrogen and oxygen atoms in total. The van der Waals surface area contributed by atoms with E-state index in [-0.39, 0.29) is 17.2 Å². The van der Waals surface area contributed by atoms with Gasteiger partial charge < -0.3 is 0 Å². The van der Waals surface area contributed by atoms with Gasteiger partial charge in [0.2, 0.25) is 26.0 Å². The number of piperidine rings is 1. The van der Waals surface area contributed by atoms with E-state index in [1.807, 2.05) is 4.83 Å². The van der Waals surface area contributed by atoms with E-state index in [0.29, 0.717) is 24.9 Å². The molecule has 1 fully saturated rings. The number of sulfonamides is 2. The molecule has 1 aliphatic heterocycles. The number of benzene rings is 1. The predicted molar refractivity (Wildman–Crippen MR) is 93.4 cm³/mol. The van der Waals surface area contributed by atoms with E-state index in [2.05, 4.69) is 5.43 Å². The molecule has 0 saturated carbocycles. The number of nitrogens with one attached hydrogen (secondary N) is 2. The van der Waals surface area contributed by atoms with Crippen molar-refractivity contribution >= 4 is 26.0 Å². The van der Waals surface area contributed by atoms with Crippen LogP contribution in [-0.4, -0.2) is 45.9 Å². The summed E-state index contributed by atoms with van der Waals surface area (Å²) in [6.45, 7) is 3.53. The highest BCUT2D eigenvalue weighted by molar-refractivity contribution is 7.89. The molecule has 0 aromatic heterocycles. The summed E-state index contributed by atoms with van der Waals surface area (Å²) in [5.74, 6) is -1.29. The van der Waals surface area contributed by atoms with Gasteiger partial charge in [-0.1, -0.05) is 18.2 Å². The van der Waals surface area contributed by atoms with Gasteiger partial charge in [-0.15, -0.1) is 4.83 Å². The molecule has 1 atom stereocenters. The van der Waals surface area contributed by atoms with Crippen molar-refractivity contribution in [1.82, 2.24) is 14.6 Å². The van der Waals surface area contributed by atoms with Crippen molar-refractivity contribution in [1.29, 1.82) is 0 Å². The summed E-state index contributed by atoms with van der Waals surface area (Å²) in [4.78, 5) is 14.4. The minimum absolute atomic E-state index is 0.0242. The summed E-state index contributed by atoms with van der Waals surface area (Å²) in [6.07, 6.45) is 1.03. The summed E-state index contributed by atoms with van der Waals surface area (Å²) < 4.78 is 49.7. The van der Waals surface area contributed by atoms with Crippen molar-refractivity contribution < 1.29 is 21.6 Å². The number of hydrogen-bond donors (Lipinski definition) is 2. The van der Waals surface area contributed by atoms with Crippen molar-refractivity contribution in [3.05, 3.63) is 29.8 Å². The third-order valence-corrected chi connectivity index (χ3v) is 7.37. The van der Waals surface area contributed by atoms with Crippen LogP contribution in [0.2, 0.25) is 0 Å². The van der Waals surface area contributed by atoms with E-state index < -0.39 is 31.9 Å². The smallest absolute Gasteiger partial charge is 0.243 e. The lowest BCUT2D eigenvalue weighted by atomic mass is 9.99. The molecule has 1 unspecified atom stereocenters. The summed E-state index contributed by atoms with van der Waals surface area (Å²) in [5.41, 5.74) is 2.81. The van der Waals surface area contributed by atoms with Gasteiger partial charge in [0.05, 0.1) is 16.6 Å². The summed E-state index contributed by atoms with van der Waals surface area (Å²) in [5, 5.41) is 0. The fourth-order valence-corrected chi connectivity index (χ4v) is 4.81. The number of nitrogens with zero attached hydrogens (tertiary/aromatic N) is 1. The topological polar surface area (TPSA) is 113 Å². The van der Waals surface area contributed by atoms with Gasteiger partial charge in [-0.2, -0.15) is 4.31 Å². The Morgan fingerprint density at radius 1 is 1.24 bits per heavy atom. The lowest BCUT2D eigenvalue weighted by Crippen LogP contribution is -2.50. The van der Waals surface area contributed by atoms with Crippen molar-refractivity contribution in [2.45, 2.75) is 31.6 Å². The zero-order valence-electron chi connectivity index (χ0n) is 14.2. The molecule has 25 heavy (non-hydrogen) atoms. The Kier molecular flexibility index (Phi) is 6.20. The monoisotopic (exact) mass is 389 g/mol. The fourth-order valence-electron chi connectivity index (χ4n) is 2.66. The van der Waals surface area contributed by atoms with E-state index in [9.17, 15) is 21.6 Å². The number of rotatable bonds is 6. The normalized spacial score (nSPS) is 19.5. The number of carbonyl (C=O) groups is 1. The van der Waals surface area contributed by atoms with Crippen LogP contribution < -0.4 is 10.3 Å². The van der Waals surface area contributed by atoms with Gasteiger partial charge >= 0.3 is 0 Å². The van der Waals surface area contributed by atoms with Crippen LogP contribution in [0.25, 0.3) is 0 Å². The summed E-state index contributed by atoms with van der Waals surface area (Å²) in [7, 11) is -7.25. The highest BCUT2D eigenvalue weighted by Gasteiger charge is 2.34. The van der Waals surface area contributed by atoms with E-state index >= 15 is 0 Å². The lowest BCUT2D eigenvalue weighted by molar-refractivity contribution is -0.126. The van der Waals surface area contributed by atoms with Gasteiger partial charge in [0.15, 0.2) is 0 Å².